The van der Waals surface area contributed by atoms with Gasteiger partial charge in [-0.1, -0.05) is 0 Å². The lowest BCUT2D eigenvalue weighted by molar-refractivity contribution is 0.331. The number of hydrogen-bond donors (Lipinski definition) is 1. The lowest BCUT2D eigenvalue weighted by atomic mass is 9.92. The lowest BCUT2D eigenvalue weighted by Crippen LogP contribution is -2.45. The minimum absolute atomic E-state index is 0.0905. The molecule has 0 aromatic carbocycles. The van der Waals surface area contributed by atoms with E-state index in [1.54, 1.807) is 6.20 Å². The summed E-state index contributed by atoms with van der Waals surface area (Å²) in [6.07, 6.45) is 8.23. The normalized spacial score (nSPS) is 24.7. The van der Waals surface area contributed by atoms with Crippen LogP contribution in [0.5, 0.6) is 0 Å². The molecule has 0 bridgehead atoms. The van der Waals surface area contributed by atoms with E-state index in [2.05, 4.69) is 22.1 Å². The molecule has 2 unspecified atom stereocenters. The molecule has 2 fully saturated rings. The van der Waals surface area contributed by atoms with Gasteiger partial charge in [-0.3, -0.25) is 4.79 Å². The van der Waals surface area contributed by atoms with Gasteiger partial charge in [0.25, 0.3) is 5.56 Å². The van der Waals surface area contributed by atoms with Crippen molar-refractivity contribution in [2.24, 2.45) is 5.92 Å². The zero-order chi connectivity index (χ0) is 14.1. The highest BCUT2D eigenvalue weighted by atomic mass is 16.1. The van der Waals surface area contributed by atoms with E-state index in [0.717, 1.165) is 32.4 Å². The van der Waals surface area contributed by atoms with E-state index in [1.165, 1.54) is 6.42 Å². The van der Waals surface area contributed by atoms with Crippen molar-refractivity contribution in [3.8, 4) is 0 Å². The molecule has 110 valence electrons. The van der Waals surface area contributed by atoms with E-state index in [9.17, 15) is 4.79 Å². The first-order chi connectivity index (χ1) is 9.70. The molecule has 1 saturated carbocycles. The molecule has 2 aliphatic rings. The first kappa shape index (κ1) is 13.6. The number of nitrogens with zero attached hydrogens (tertiary/aromatic N) is 3. The molecule has 0 radical (unpaired) electrons. The molecule has 1 N–H and O–H groups in total. The number of piperidine rings is 1. The maximum atomic E-state index is 12.5. The van der Waals surface area contributed by atoms with Crippen molar-refractivity contribution in [3.63, 3.8) is 0 Å². The summed E-state index contributed by atoms with van der Waals surface area (Å²) in [4.78, 5) is 19.1. The van der Waals surface area contributed by atoms with Gasteiger partial charge in [0, 0.05) is 37.6 Å². The van der Waals surface area contributed by atoms with Gasteiger partial charge >= 0.3 is 0 Å². The van der Waals surface area contributed by atoms with Gasteiger partial charge in [-0.25, -0.2) is 4.98 Å². The number of nitrogens with one attached hydrogen (secondary N) is 1. The van der Waals surface area contributed by atoms with Crippen molar-refractivity contribution in [1.29, 1.82) is 0 Å². The largest absolute Gasteiger partial charge is 0.352 e. The molecule has 2 heterocycles. The number of anilines is 1. The molecule has 3 rings (SSSR count). The standard InChI is InChI=1S/C15H24N4O/c1-11(16-2)12-4-3-8-18(10-12)14-15(20)19(9-7-17-14)13-5-6-13/h7,9,11-13,16H,3-6,8,10H2,1-2H3. The molecule has 1 aromatic heterocycles. The molecule has 20 heavy (non-hydrogen) atoms. The Morgan fingerprint density at radius 2 is 2.20 bits per heavy atom. The van der Waals surface area contributed by atoms with Crippen LogP contribution >= 0.6 is 0 Å². The highest BCUT2D eigenvalue weighted by Crippen LogP contribution is 2.33. The SMILES string of the molecule is CNC(C)C1CCCN(c2nccn(C3CC3)c2=O)C1. The number of hydrogen-bond acceptors (Lipinski definition) is 4. The van der Waals surface area contributed by atoms with Crippen LogP contribution in [0, 0.1) is 5.92 Å². The highest BCUT2D eigenvalue weighted by molar-refractivity contribution is 5.36. The van der Waals surface area contributed by atoms with Crippen LogP contribution in [0.4, 0.5) is 5.82 Å². The zero-order valence-corrected chi connectivity index (χ0v) is 12.4. The number of rotatable bonds is 4. The topological polar surface area (TPSA) is 50.2 Å². The monoisotopic (exact) mass is 276 g/mol. The molecule has 0 amide bonds. The molecule has 5 nitrogen and oxygen atoms in total. The van der Waals surface area contributed by atoms with E-state index >= 15 is 0 Å². The summed E-state index contributed by atoms with van der Waals surface area (Å²) >= 11 is 0. The molecule has 1 aliphatic carbocycles. The average molecular weight is 276 g/mol. The van der Waals surface area contributed by atoms with Crippen LogP contribution in [0.3, 0.4) is 0 Å². The molecule has 5 heteroatoms. The Bertz CT molecular complexity index is 523. The molecular formula is C15H24N4O. The third-order valence-electron chi connectivity index (χ3n) is 4.71. The summed E-state index contributed by atoms with van der Waals surface area (Å²) in [7, 11) is 2.00. The summed E-state index contributed by atoms with van der Waals surface area (Å²) in [6, 6.07) is 0.897. The Hall–Kier alpha value is -1.36. The van der Waals surface area contributed by atoms with Gasteiger partial charge < -0.3 is 14.8 Å². The second-order valence-electron chi connectivity index (χ2n) is 6.12. The Morgan fingerprint density at radius 1 is 1.40 bits per heavy atom. The fraction of sp³-hybridized carbons (Fsp3) is 0.733. The van der Waals surface area contributed by atoms with Crippen LogP contribution in [0.2, 0.25) is 0 Å². The quantitative estimate of drug-likeness (QED) is 0.903. The second kappa shape index (κ2) is 5.56. The molecule has 1 aliphatic heterocycles. The van der Waals surface area contributed by atoms with Crippen molar-refractivity contribution in [1.82, 2.24) is 14.9 Å². The van der Waals surface area contributed by atoms with Crippen LogP contribution in [0.15, 0.2) is 17.2 Å². The maximum absolute atomic E-state index is 12.5. The van der Waals surface area contributed by atoms with Crippen molar-refractivity contribution in [2.75, 3.05) is 25.0 Å². The van der Waals surface area contributed by atoms with Crippen LogP contribution in [-0.4, -0.2) is 35.7 Å². The predicted octanol–water partition coefficient (Wildman–Crippen LogP) is 1.40. The van der Waals surface area contributed by atoms with E-state index < -0.39 is 0 Å². The van der Waals surface area contributed by atoms with E-state index in [1.807, 2.05) is 17.8 Å². The summed E-state index contributed by atoms with van der Waals surface area (Å²) in [5.41, 5.74) is 0.0905. The van der Waals surface area contributed by atoms with Crippen LogP contribution in [0.1, 0.15) is 38.6 Å². The van der Waals surface area contributed by atoms with Crippen LogP contribution in [-0.2, 0) is 0 Å². The summed E-state index contributed by atoms with van der Waals surface area (Å²) < 4.78 is 1.87. The molecule has 1 aromatic rings. The van der Waals surface area contributed by atoms with Crippen molar-refractivity contribution in [2.45, 2.75) is 44.7 Å². The third-order valence-corrected chi connectivity index (χ3v) is 4.71. The minimum Gasteiger partial charge on any atom is -0.352 e. The first-order valence-electron chi connectivity index (χ1n) is 7.70. The van der Waals surface area contributed by atoms with Crippen molar-refractivity contribution < 1.29 is 0 Å². The fourth-order valence-corrected chi connectivity index (χ4v) is 3.12. The van der Waals surface area contributed by atoms with Gasteiger partial charge in [-0.15, -0.1) is 0 Å². The Labute approximate surface area is 120 Å². The Kier molecular flexibility index (Phi) is 3.78. The zero-order valence-electron chi connectivity index (χ0n) is 12.4. The van der Waals surface area contributed by atoms with Crippen LogP contribution < -0.4 is 15.8 Å². The average Bonchev–Trinajstić information content (AvgIpc) is 3.31. The highest BCUT2D eigenvalue weighted by Gasteiger charge is 2.29. The Balaban J connectivity index is 1.81. The summed E-state index contributed by atoms with van der Waals surface area (Å²) in [5, 5.41) is 3.33. The second-order valence-corrected chi connectivity index (χ2v) is 6.12. The van der Waals surface area contributed by atoms with Gasteiger partial charge in [0.15, 0.2) is 5.82 Å². The molecule has 1 saturated heterocycles. The van der Waals surface area contributed by atoms with E-state index in [4.69, 9.17) is 0 Å². The van der Waals surface area contributed by atoms with Gasteiger partial charge in [-0.2, -0.15) is 0 Å². The molecule has 0 spiro atoms. The van der Waals surface area contributed by atoms with E-state index in [-0.39, 0.29) is 5.56 Å². The third kappa shape index (κ3) is 2.59. The van der Waals surface area contributed by atoms with Gasteiger partial charge in [-0.05, 0) is 45.6 Å². The fourth-order valence-electron chi connectivity index (χ4n) is 3.12. The maximum Gasteiger partial charge on any atom is 0.293 e. The smallest absolute Gasteiger partial charge is 0.293 e. The van der Waals surface area contributed by atoms with Gasteiger partial charge in [0.1, 0.15) is 0 Å². The molecule has 2 atom stereocenters. The molecular weight excluding hydrogens is 252 g/mol. The van der Waals surface area contributed by atoms with Crippen LogP contribution in [0.25, 0.3) is 0 Å². The summed E-state index contributed by atoms with van der Waals surface area (Å²) in [6.45, 7) is 4.10. The van der Waals surface area contributed by atoms with Crippen molar-refractivity contribution >= 4 is 5.82 Å². The lowest BCUT2D eigenvalue weighted by Gasteiger charge is -2.36. The van der Waals surface area contributed by atoms with Gasteiger partial charge in [0.2, 0.25) is 0 Å². The minimum atomic E-state index is 0.0905. The first-order valence-corrected chi connectivity index (χ1v) is 7.70. The number of aromatic nitrogens is 2. The van der Waals surface area contributed by atoms with E-state index in [0.29, 0.717) is 23.8 Å². The predicted molar refractivity (Wildman–Crippen MR) is 80.2 cm³/mol. The summed E-state index contributed by atoms with van der Waals surface area (Å²) in [5.74, 6) is 1.23. The van der Waals surface area contributed by atoms with Crippen molar-refractivity contribution in [3.05, 3.63) is 22.7 Å². The Morgan fingerprint density at radius 3 is 2.90 bits per heavy atom. The van der Waals surface area contributed by atoms with Gasteiger partial charge in [0.05, 0.1) is 0 Å².